The van der Waals surface area contributed by atoms with E-state index in [1.807, 2.05) is 0 Å². The zero-order chi connectivity index (χ0) is 11.0. The molecule has 0 saturated heterocycles. The van der Waals surface area contributed by atoms with Crippen molar-refractivity contribution in [3.63, 3.8) is 0 Å². The fraction of sp³-hybridized carbons (Fsp3) is 1.00. The van der Waals surface area contributed by atoms with Crippen molar-refractivity contribution < 1.29 is 26.3 Å². The minimum atomic E-state index is -4.34. The Morgan fingerprint density at radius 2 is 0.786 bits per heavy atom. The summed E-state index contributed by atoms with van der Waals surface area (Å²) in [5, 5.41) is 0. The van der Waals surface area contributed by atoms with Gasteiger partial charge in [0.25, 0.3) is 0 Å². The molecule has 1 saturated carbocycles. The third kappa shape index (κ3) is 2.78. The first-order valence-corrected chi connectivity index (χ1v) is 4.34. The molecule has 0 aliphatic heterocycles. The summed E-state index contributed by atoms with van der Waals surface area (Å²) >= 11 is 0. The molecule has 0 heterocycles. The summed E-state index contributed by atoms with van der Waals surface area (Å²) in [6, 6.07) is 0. The van der Waals surface area contributed by atoms with Crippen molar-refractivity contribution in [2.45, 2.75) is 38.0 Å². The fourth-order valence-corrected chi connectivity index (χ4v) is 1.75. The lowest BCUT2D eigenvalue weighted by Gasteiger charge is -2.30. The Labute approximate surface area is 77.3 Å². The Bertz CT molecular complexity index is 161. The van der Waals surface area contributed by atoms with E-state index >= 15 is 0 Å². The zero-order valence-corrected chi connectivity index (χ0v) is 7.25. The highest BCUT2D eigenvalue weighted by molar-refractivity contribution is 4.80. The maximum atomic E-state index is 12.1. The SMILES string of the molecule is FC(F)(F)C1CCC(C(F)(F)F)CC1. The van der Waals surface area contributed by atoms with Crippen LogP contribution in [0.5, 0.6) is 0 Å². The molecule has 1 aliphatic rings. The molecule has 14 heavy (non-hydrogen) atoms. The molecule has 1 rings (SSSR count). The number of rotatable bonds is 0. The van der Waals surface area contributed by atoms with Gasteiger partial charge in [0.1, 0.15) is 0 Å². The van der Waals surface area contributed by atoms with Crippen LogP contribution in [0, 0.1) is 11.8 Å². The molecule has 0 spiro atoms. The molecule has 0 atom stereocenters. The molecule has 0 unspecified atom stereocenters. The fourth-order valence-electron chi connectivity index (χ4n) is 1.75. The van der Waals surface area contributed by atoms with Crippen LogP contribution >= 0.6 is 0 Å². The lowest BCUT2D eigenvalue weighted by Crippen LogP contribution is -2.33. The highest BCUT2D eigenvalue weighted by atomic mass is 19.4. The van der Waals surface area contributed by atoms with Gasteiger partial charge in [0, 0.05) is 0 Å². The molecule has 0 radical (unpaired) electrons. The lowest BCUT2D eigenvalue weighted by molar-refractivity contribution is -0.213. The zero-order valence-electron chi connectivity index (χ0n) is 7.25. The van der Waals surface area contributed by atoms with Crippen LogP contribution in [-0.2, 0) is 0 Å². The molecule has 84 valence electrons. The number of alkyl halides is 6. The Kier molecular flexibility index (Phi) is 3.02. The quantitative estimate of drug-likeness (QED) is 0.543. The van der Waals surface area contributed by atoms with E-state index in [0.717, 1.165) is 0 Å². The summed E-state index contributed by atoms with van der Waals surface area (Å²) in [6.45, 7) is 0. The number of hydrogen-bond acceptors (Lipinski definition) is 0. The van der Waals surface area contributed by atoms with Crippen molar-refractivity contribution >= 4 is 0 Å². The summed E-state index contributed by atoms with van der Waals surface area (Å²) in [5.41, 5.74) is 0. The predicted octanol–water partition coefficient (Wildman–Crippen LogP) is 3.92. The summed E-state index contributed by atoms with van der Waals surface area (Å²) in [7, 11) is 0. The average Bonchev–Trinajstić information content (AvgIpc) is 2.01. The standard InChI is InChI=1S/C8H10F6/c9-7(10,11)5-1-2-6(4-3-5)8(12,13)14/h5-6H,1-4H2. The van der Waals surface area contributed by atoms with Gasteiger partial charge in [-0.2, -0.15) is 26.3 Å². The monoisotopic (exact) mass is 220 g/mol. The molecule has 0 nitrogen and oxygen atoms in total. The summed E-state index contributed by atoms with van der Waals surface area (Å²) in [6.07, 6.45) is -10.3. The first-order valence-electron chi connectivity index (χ1n) is 4.34. The van der Waals surface area contributed by atoms with E-state index in [9.17, 15) is 26.3 Å². The maximum absolute atomic E-state index is 12.1. The van der Waals surface area contributed by atoms with E-state index in [-0.39, 0.29) is 0 Å². The van der Waals surface area contributed by atoms with Gasteiger partial charge in [-0.15, -0.1) is 0 Å². The van der Waals surface area contributed by atoms with Crippen molar-refractivity contribution in [3.8, 4) is 0 Å². The van der Waals surface area contributed by atoms with E-state index in [1.165, 1.54) is 0 Å². The van der Waals surface area contributed by atoms with Gasteiger partial charge < -0.3 is 0 Å². The van der Waals surface area contributed by atoms with Crippen molar-refractivity contribution in [1.29, 1.82) is 0 Å². The maximum Gasteiger partial charge on any atom is 0.391 e. The summed E-state index contributed by atoms with van der Waals surface area (Å²) in [5.74, 6) is -3.08. The molecule has 0 aromatic carbocycles. The van der Waals surface area contributed by atoms with E-state index in [2.05, 4.69) is 0 Å². The molecule has 0 aromatic rings. The van der Waals surface area contributed by atoms with Gasteiger partial charge in [-0.1, -0.05) is 0 Å². The molecule has 0 amide bonds. The molecule has 0 N–H and O–H groups in total. The number of hydrogen-bond donors (Lipinski definition) is 0. The molecule has 1 fully saturated rings. The van der Waals surface area contributed by atoms with Crippen LogP contribution in [-0.4, -0.2) is 12.4 Å². The van der Waals surface area contributed by atoms with Gasteiger partial charge in [0.05, 0.1) is 11.8 Å². The van der Waals surface area contributed by atoms with Crippen LogP contribution in [0.15, 0.2) is 0 Å². The third-order valence-electron chi connectivity index (χ3n) is 2.65. The minimum Gasteiger partial charge on any atom is -0.171 e. The van der Waals surface area contributed by atoms with Crippen LogP contribution in [0.1, 0.15) is 25.7 Å². The van der Waals surface area contributed by atoms with Crippen LogP contribution in [0.4, 0.5) is 26.3 Å². The largest absolute Gasteiger partial charge is 0.391 e. The van der Waals surface area contributed by atoms with Crippen molar-refractivity contribution in [2.24, 2.45) is 11.8 Å². The highest BCUT2D eigenvalue weighted by Crippen LogP contribution is 2.44. The molecular weight excluding hydrogens is 210 g/mol. The Morgan fingerprint density at radius 1 is 0.571 bits per heavy atom. The second-order valence-corrected chi connectivity index (χ2v) is 3.63. The normalized spacial score (nSPS) is 30.4. The van der Waals surface area contributed by atoms with E-state index < -0.39 is 49.9 Å². The van der Waals surface area contributed by atoms with Gasteiger partial charge in [0.15, 0.2) is 0 Å². The lowest BCUT2D eigenvalue weighted by atomic mass is 9.81. The van der Waals surface area contributed by atoms with Crippen molar-refractivity contribution in [2.75, 3.05) is 0 Å². The third-order valence-corrected chi connectivity index (χ3v) is 2.65. The van der Waals surface area contributed by atoms with Crippen molar-refractivity contribution in [3.05, 3.63) is 0 Å². The van der Waals surface area contributed by atoms with Crippen LogP contribution in [0.25, 0.3) is 0 Å². The summed E-state index contributed by atoms with van der Waals surface area (Å²) in [4.78, 5) is 0. The van der Waals surface area contributed by atoms with E-state index in [4.69, 9.17) is 0 Å². The molecule has 6 heteroatoms. The van der Waals surface area contributed by atoms with Gasteiger partial charge in [-0.05, 0) is 25.7 Å². The Balaban J connectivity index is 2.47. The van der Waals surface area contributed by atoms with Crippen LogP contribution in [0.2, 0.25) is 0 Å². The molecule has 0 bridgehead atoms. The molecule has 0 aromatic heterocycles. The predicted molar refractivity (Wildman–Crippen MR) is 37.6 cm³/mol. The molecule has 1 aliphatic carbocycles. The second kappa shape index (κ2) is 3.62. The Morgan fingerprint density at radius 3 is 0.929 bits per heavy atom. The first-order chi connectivity index (χ1) is 6.21. The second-order valence-electron chi connectivity index (χ2n) is 3.63. The van der Waals surface area contributed by atoms with E-state index in [1.54, 1.807) is 0 Å². The van der Waals surface area contributed by atoms with Crippen molar-refractivity contribution in [1.82, 2.24) is 0 Å². The minimum absolute atomic E-state index is 0.395. The molecular formula is C8H10F6. The summed E-state index contributed by atoms with van der Waals surface area (Å²) < 4.78 is 72.5. The van der Waals surface area contributed by atoms with Gasteiger partial charge in [0.2, 0.25) is 0 Å². The highest BCUT2D eigenvalue weighted by Gasteiger charge is 2.47. The van der Waals surface area contributed by atoms with Crippen LogP contribution < -0.4 is 0 Å². The first kappa shape index (κ1) is 11.7. The smallest absolute Gasteiger partial charge is 0.171 e. The average molecular weight is 220 g/mol. The van der Waals surface area contributed by atoms with Gasteiger partial charge in [-0.25, -0.2) is 0 Å². The van der Waals surface area contributed by atoms with E-state index in [0.29, 0.717) is 0 Å². The van der Waals surface area contributed by atoms with Gasteiger partial charge >= 0.3 is 12.4 Å². The van der Waals surface area contributed by atoms with Gasteiger partial charge in [-0.3, -0.25) is 0 Å². The number of halogens is 6. The van der Waals surface area contributed by atoms with Crippen LogP contribution in [0.3, 0.4) is 0 Å². The Hall–Kier alpha value is -0.420. The topological polar surface area (TPSA) is 0 Å².